The Labute approximate surface area is 98.4 Å². The van der Waals surface area contributed by atoms with Gasteiger partial charge in [0.1, 0.15) is 0 Å². The van der Waals surface area contributed by atoms with Gasteiger partial charge in [0.25, 0.3) is 0 Å². The van der Waals surface area contributed by atoms with E-state index in [1.54, 1.807) is 0 Å². The van der Waals surface area contributed by atoms with E-state index >= 15 is 0 Å². The molecule has 0 aromatic rings. The molecule has 0 aromatic carbocycles. The molecular formula is C13H24N2O. The van der Waals surface area contributed by atoms with Crippen LogP contribution in [0.5, 0.6) is 0 Å². The van der Waals surface area contributed by atoms with Gasteiger partial charge < -0.3 is 10.6 Å². The second kappa shape index (κ2) is 5.17. The van der Waals surface area contributed by atoms with Crippen LogP contribution in [-0.4, -0.2) is 29.9 Å². The zero-order chi connectivity index (χ0) is 11.5. The number of likely N-dealkylation sites (tertiary alicyclic amines) is 1. The van der Waals surface area contributed by atoms with Gasteiger partial charge in [-0.3, -0.25) is 4.79 Å². The highest BCUT2D eigenvalue weighted by Crippen LogP contribution is 2.27. The Balaban J connectivity index is 1.89. The first-order valence-corrected chi connectivity index (χ1v) is 6.73. The van der Waals surface area contributed by atoms with Crippen molar-refractivity contribution >= 4 is 5.91 Å². The fourth-order valence-electron chi connectivity index (χ4n) is 2.97. The van der Waals surface area contributed by atoms with Crippen LogP contribution < -0.4 is 5.73 Å². The Kier molecular flexibility index (Phi) is 3.85. The summed E-state index contributed by atoms with van der Waals surface area (Å²) in [6, 6.07) is 0.287. The van der Waals surface area contributed by atoms with Gasteiger partial charge in [-0.25, -0.2) is 0 Å². The molecule has 0 spiro atoms. The van der Waals surface area contributed by atoms with Crippen LogP contribution in [0.25, 0.3) is 0 Å². The molecule has 2 unspecified atom stereocenters. The molecule has 2 N–H and O–H groups in total. The van der Waals surface area contributed by atoms with Gasteiger partial charge in [0, 0.05) is 25.0 Å². The molecule has 3 nitrogen and oxygen atoms in total. The Morgan fingerprint density at radius 3 is 2.50 bits per heavy atom. The van der Waals surface area contributed by atoms with Gasteiger partial charge in [-0.2, -0.15) is 0 Å². The van der Waals surface area contributed by atoms with Crippen molar-refractivity contribution < 1.29 is 4.79 Å². The smallest absolute Gasteiger partial charge is 0.225 e. The molecule has 0 bridgehead atoms. The minimum absolute atomic E-state index is 0.287. The van der Waals surface area contributed by atoms with E-state index in [1.165, 1.54) is 19.3 Å². The third kappa shape index (κ3) is 2.57. The predicted molar refractivity (Wildman–Crippen MR) is 64.9 cm³/mol. The van der Waals surface area contributed by atoms with Crippen molar-refractivity contribution in [3.8, 4) is 0 Å². The topological polar surface area (TPSA) is 46.3 Å². The van der Waals surface area contributed by atoms with Gasteiger partial charge in [0.05, 0.1) is 0 Å². The van der Waals surface area contributed by atoms with Crippen molar-refractivity contribution in [2.75, 3.05) is 13.1 Å². The van der Waals surface area contributed by atoms with E-state index in [4.69, 9.17) is 5.73 Å². The minimum Gasteiger partial charge on any atom is -0.342 e. The molecule has 2 atom stereocenters. The highest BCUT2D eigenvalue weighted by atomic mass is 16.2. The van der Waals surface area contributed by atoms with Crippen molar-refractivity contribution in [2.45, 2.75) is 51.5 Å². The molecule has 3 heteroatoms. The molecule has 2 fully saturated rings. The van der Waals surface area contributed by atoms with E-state index in [2.05, 4.69) is 11.8 Å². The summed E-state index contributed by atoms with van der Waals surface area (Å²) < 4.78 is 0. The number of carbonyl (C=O) groups excluding carboxylic acids is 1. The number of hydrogen-bond donors (Lipinski definition) is 1. The second-order valence-electron chi connectivity index (χ2n) is 5.55. The summed E-state index contributed by atoms with van der Waals surface area (Å²) in [5.41, 5.74) is 5.98. The third-order valence-electron chi connectivity index (χ3n) is 4.24. The minimum atomic E-state index is 0.287. The van der Waals surface area contributed by atoms with Crippen molar-refractivity contribution in [3.05, 3.63) is 0 Å². The largest absolute Gasteiger partial charge is 0.342 e. The van der Waals surface area contributed by atoms with Gasteiger partial charge in [0.2, 0.25) is 5.91 Å². The van der Waals surface area contributed by atoms with Crippen molar-refractivity contribution in [3.63, 3.8) is 0 Å². The molecule has 1 aliphatic heterocycles. The lowest BCUT2D eigenvalue weighted by molar-refractivity contribution is -0.138. The average molecular weight is 224 g/mol. The highest BCUT2D eigenvalue weighted by Gasteiger charge is 2.30. The molecule has 1 saturated carbocycles. The number of piperidine rings is 1. The van der Waals surface area contributed by atoms with E-state index in [9.17, 15) is 4.79 Å². The lowest BCUT2D eigenvalue weighted by atomic mass is 9.87. The standard InChI is InChI=1S/C13H24N2O/c1-10-9-15(8-7-12(10)14)13(16)11-5-3-2-4-6-11/h10-12H,2-9,14H2,1H3. The number of hydrogen-bond acceptors (Lipinski definition) is 2. The van der Waals surface area contributed by atoms with Crippen LogP contribution in [0.1, 0.15) is 45.4 Å². The van der Waals surface area contributed by atoms with Gasteiger partial charge in [-0.1, -0.05) is 26.2 Å². The maximum Gasteiger partial charge on any atom is 0.225 e. The van der Waals surface area contributed by atoms with E-state index in [0.717, 1.165) is 32.4 Å². The van der Waals surface area contributed by atoms with Gasteiger partial charge >= 0.3 is 0 Å². The van der Waals surface area contributed by atoms with E-state index < -0.39 is 0 Å². The van der Waals surface area contributed by atoms with Crippen molar-refractivity contribution in [2.24, 2.45) is 17.6 Å². The Morgan fingerprint density at radius 2 is 1.88 bits per heavy atom. The van der Waals surface area contributed by atoms with Gasteiger partial charge in [0.15, 0.2) is 0 Å². The molecule has 16 heavy (non-hydrogen) atoms. The van der Waals surface area contributed by atoms with Crippen LogP contribution in [0.3, 0.4) is 0 Å². The lowest BCUT2D eigenvalue weighted by Gasteiger charge is -2.37. The van der Waals surface area contributed by atoms with Crippen LogP contribution in [0.2, 0.25) is 0 Å². The highest BCUT2D eigenvalue weighted by molar-refractivity contribution is 5.79. The first-order chi connectivity index (χ1) is 7.68. The third-order valence-corrected chi connectivity index (χ3v) is 4.24. The summed E-state index contributed by atoms with van der Waals surface area (Å²) in [6.07, 6.45) is 6.97. The SMILES string of the molecule is CC1CN(C(=O)C2CCCCC2)CCC1N. The van der Waals surface area contributed by atoms with Crippen LogP contribution >= 0.6 is 0 Å². The summed E-state index contributed by atoms with van der Waals surface area (Å²) in [5, 5.41) is 0. The van der Waals surface area contributed by atoms with Crippen LogP contribution in [0.4, 0.5) is 0 Å². The van der Waals surface area contributed by atoms with E-state index in [-0.39, 0.29) is 6.04 Å². The number of rotatable bonds is 1. The number of nitrogens with zero attached hydrogens (tertiary/aromatic N) is 1. The fourth-order valence-corrected chi connectivity index (χ4v) is 2.97. The van der Waals surface area contributed by atoms with Crippen molar-refractivity contribution in [1.29, 1.82) is 0 Å². The molecule has 0 aromatic heterocycles. The summed E-state index contributed by atoms with van der Waals surface area (Å²) in [7, 11) is 0. The van der Waals surface area contributed by atoms with Crippen LogP contribution in [0.15, 0.2) is 0 Å². The Morgan fingerprint density at radius 1 is 1.19 bits per heavy atom. The fraction of sp³-hybridized carbons (Fsp3) is 0.923. The number of carbonyl (C=O) groups is 1. The molecule has 2 aliphatic rings. The predicted octanol–water partition coefficient (Wildman–Crippen LogP) is 1.76. The van der Waals surface area contributed by atoms with E-state index in [1.807, 2.05) is 0 Å². The average Bonchev–Trinajstić information content (AvgIpc) is 2.33. The molecule has 2 rings (SSSR count). The zero-order valence-electron chi connectivity index (χ0n) is 10.3. The molecule has 1 saturated heterocycles. The number of nitrogens with two attached hydrogens (primary N) is 1. The molecule has 92 valence electrons. The van der Waals surface area contributed by atoms with Crippen molar-refractivity contribution in [1.82, 2.24) is 4.90 Å². The van der Waals surface area contributed by atoms with E-state index in [0.29, 0.717) is 17.7 Å². The molecule has 1 aliphatic carbocycles. The normalized spacial score (nSPS) is 32.8. The quantitative estimate of drug-likeness (QED) is 0.737. The monoisotopic (exact) mass is 224 g/mol. The van der Waals surface area contributed by atoms with Crippen LogP contribution in [-0.2, 0) is 4.79 Å². The summed E-state index contributed by atoms with van der Waals surface area (Å²) in [4.78, 5) is 14.4. The van der Waals surface area contributed by atoms with Gasteiger partial charge in [-0.15, -0.1) is 0 Å². The summed E-state index contributed by atoms with van der Waals surface area (Å²) in [5.74, 6) is 1.18. The maximum atomic E-state index is 12.3. The summed E-state index contributed by atoms with van der Waals surface area (Å²) >= 11 is 0. The Hall–Kier alpha value is -0.570. The zero-order valence-corrected chi connectivity index (χ0v) is 10.3. The summed E-state index contributed by atoms with van der Waals surface area (Å²) in [6.45, 7) is 3.91. The molecule has 1 heterocycles. The molecule has 0 radical (unpaired) electrons. The van der Waals surface area contributed by atoms with Gasteiger partial charge in [-0.05, 0) is 25.2 Å². The first-order valence-electron chi connectivity index (χ1n) is 6.73. The maximum absolute atomic E-state index is 12.3. The molecular weight excluding hydrogens is 200 g/mol. The lowest BCUT2D eigenvalue weighted by Crippen LogP contribution is -2.49. The second-order valence-corrected chi connectivity index (χ2v) is 5.55. The molecule has 1 amide bonds. The van der Waals surface area contributed by atoms with Crippen LogP contribution in [0, 0.1) is 11.8 Å². The number of amides is 1. The first kappa shape index (κ1) is 11.9. The Bertz CT molecular complexity index is 248.